The third kappa shape index (κ3) is 2.98. The molecule has 2 nitrogen and oxygen atoms in total. The highest BCUT2D eigenvalue weighted by molar-refractivity contribution is 7.09. The van der Waals surface area contributed by atoms with Crippen LogP contribution in [0.3, 0.4) is 0 Å². The van der Waals surface area contributed by atoms with Gasteiger partial charge < -0.3 is 0 Å². The maximum atomic E-state index is 4.46. The minimum absolute atomic E-state index is 0.147. The molecule has 98 valence electrons. The van der Waals surface area contributed by atoms with Gasteiger partial charge in [0.25, 0.3) is 0 Å². The van der Waals surface area contributed by atoms with E-state index in [9.17, 15) is 0 Å². The van der Waals surface area contributed by atoms with Gasteiger partial charge in [-0.15, -0.1) is 22.7 Å². The highest BCUT2D eigenvalue weighted by Crippen LogP contribution is 2.36. The van der Waals surface area contributed by atoms with Gasteiger partial charge in [0, 0.05) is 27.8 Å². The number of thiazole rings is 2. The van der Waals surface area contributed by atoms with Crippen molar-refractivity contribution in [1.29, 1.82) is 0 Å². The molecule has 0 bridgehead atoms. The van der Waals surface area contributed by atoms with E-state index in [1.165, 1.54) is 10.7 Å². The van der Waals surface area contributed by atoms with Crippen LogP contribution in [0.25, 0.3) is 0 Å². The van der Waals surface area contributed by atoms with Gasteiger partial charge in [-0.05, 0) is 12.8 Å². The van der Waals surface area contributed by atoms with Gasteiger partial charge in [0.05, 0.1) is 16.2 Å². The van der Waals surface area contributed by atoms with Crippen LogP contribution < -0.4 is 0 Å². The van der Waals surface area contributed by atoms with Gasteiger partial charge in [-0.2, -0.15) is 0 Å². The molecule has 0 amide bonds. The van der Waals surface area contributed by atoms with Crippen LogP contribution in [-0.2, 0) is 10.8 Å². The van der Waals surface area contributed by atoms with E-state index in [2.05, 4.69) is 48.4 Å². The van der Waals surface area contributed by atoms with Gasteiger partial charge in [0.15, 0.2) is 0 Å². The highest BCUT2D eigenvalue weighted by atomic mass is 32.1. The van der Waals surface area contributed by atoms with Crippen LogP contribution in [0.15, 0.2) is 22.5 Å². The molecule has 4 heteroatoms. The number of nitrogens with zero attached hydrogens (tertiary/aromatic N) is 2. The summed E-state index contributed by atoms with van der Waals surface area (Å²) in [6, 6.07) is 0. The molecule has 0 N–H and O–H groups in total. The Morgan fingerprint density at radius 3 is 2.33 bits per heavy atom. The second-order valence-electron chi connectivity index (χ2n) is 5.98. The zero-order valence-corrected chi connectivity index (χ0v) is 13.1. The predicted octanol–water partition coefficient (Wildman–Crippen LogP) is 4.64. The Kier molecular flexibility index (Phi) is 3.87. The molecule has 0 aromatic carbocycles. The van der Waals surface area contributed by atoms with E-state index in [0.29, 0.717) is 0 Å². The van der Waals surface area contributed by atoms with E-state index in [1.54, 1.807) is 22.7 Å². The number of hydrogen-bond donors (Lipinski definition) is 0. The van der Waals surface area contributed by atoms with Crippen molar-refractivity contribution in [2.45, 2.75) is 51.4 Å². The Morgan fingerprint density at radius 2 is 1.78 bits per heavy atom. The van der Waals surface area contributed by atoms with Crippen molar-refractivity contribution in [3.63, 3.8) is 0 Å². The molecule has 0 radical (unpaired) electrons. The largest absolute Gasteiger partial charge is 0.249 e. The smallest absolute Gasteiger partial charge is 0.0981 e. The highest BCUT2D eigenvalue weighted by Gasteiger charge is 2.29. The first-order valence-electron chi connectivity index (χ1n) is 6.20. The van der Waals surface area contributed by atoms with Crippen LogP contribution in [0.5, 0.6) is 0 Å². The first-order valence-corrected chi connectivity index (χ1v) is 8.03. The first-order chi connectivity index (χ1) is 8.42. The molecular formula is C14H20N2S2. The minimum atomic E-state index is 0.147. The van der Waals surface area contributed by atoms with E-state index >= 15 is 0 Å². The molecule has 0 aliphatic heterocycles. The molecule has 2 heterocycles. The van der Waals surface area contributed by atoms with E-state index in [4.69, 9.17) is 0 Å². The van der Waals surface area contributed by atoms with E-state index in [0.717, 1.165) is 12.8 Å². The summed E-state index contributed by atoms with van der Waals surface area (Å²) in [5, 5.41) is 5.45. The van der Waals surface area contributed by atoms with E-state index in [-0.39, 0.29) is 10.8 Å². The zero-order chi connectivity index (χ0) is 13.2. The second-order valence-corrected chi connectivity index (χ2v) is 7.59. The maximum Gasteiger partial charge on any atom is 0.0981 e. The lowest BCUT2D eigenvalue weighted by atomic mass is 9.78. The fraction of sp³-hybridized carbons (Fsp3) is 0.571. The Labute approximate surface area is 117 Å². The van der Waals surface area contributed by atoms with Crippen molar-refractivity contribution in [2.75, 3.05) is 0 Å². The SMILES string of the molecule is CC(C)(CCC(C)(C)c1nccs1)c1cscn1. The Balaban J connectivity index is 2.03. The zero-order valence-electron chi connectivity index (χ0n) is 11.4. The van der Waals surface area contributed by atoms with Crippen molar-refractivity contribution in [2.24, 2.45) is 0 Å². The Bertz CT molecular complexity index is 424. The van der Waals surface area contributed by atoms with Gasteiger partial charge in [0.2, 0.25) is 0 Å². The van der Waals surface area contributed by atoms with Crippen LogP contribution in [0.1, 0.15) is 51.2 Å². The molecule has 0 fully saturated rings. The third-order valence-corrected chi connectivity index (χ3v) is 5.24. The summed E-state index contributed by atoms with van der Waals surface area (Å²) in [6.07, 6.45) is 4.15. The van der Waals surface area contributed by atoms with Crippen LogP contribution in [0.2, 0.25) is 0 Å². The van der Waals surface area contributed by atoms with Crippen molar-refractivity contribution in [3.05, 3.63) is 33.2 Å². The standard InChI is InChI=1S/C14H20N2S2/c1-13(2,11-9-17-10-16-11)5-6-14(3,4)12-15-7-8-18-12/h7-10H,5-6H2,1-4H3. The van der Waals surface area contributed by atoms with Crippen molar-refractivity contribution in [1.82, 2.24) is 9.97 Å². The summed E-state index contributed by atoms with van der Waals surface area (Å²) >= 11 is 3.43. The monoisotopic (exact) mass is 280 g/mol. The van der Waals surface area contributed by atoms with E-state index < -0.39 is 0 Å². The fourth-order valence-electron chi connectivity index (χ4n) is 1.96. The lowest BCUT2D eigenvalue weighted by Gasteiger charge is -2.29. The quantitative estimate of drug-likeness (QED) is 0.797. The molecule has 0 atom stereocenters. The number of hydrogen-bond acceptors (Lipinski definition) is 4. The molecule has 0 aliphatic carbocycles. The molecule has 2 rings (SSSR count). The maximum absolute atomic E-state index is 4.46. The van der Waals surface area contributed by atoms with Gasteiger partial charge in [-0.1, -0.05) is 27.7 Å². The molecule has 0 saturated heterocycles. The number of aromatic nitrogens is 2. The van der Waals surface area contributed by atoms with Crippen molar-refractivity contribution >= 4 is 22.7 Å². The van der Waals surface area contributed by atoms with Crippen LogP contribution in [0.4, 0.5) is 0 Å². The van der Waals surface area contributed by atoms with Crippen molar-refractivity contribution in [3.8, 4) is 0 Å². The Morgan fingerprint density at radius 1 is 1.06 bits per heavy atom. The second kappa shape index (κ2) is 5.10. The normalized spacial score (nSPS) is 12.9. The van der Waals surface area contributed by atoms with Crippen LogP contribution in [-0.4, -0.2) is 9.97 Å². The van der Waals surface area contributed by atoms with Gasteiger partial charge in [0.1, 0.15) is 0 Å². The fourth-order valence-corrected chi connectivity index (χ4v) is 3.50. The predicted molar refractivity (Wildman–Crippen MR) is 79.5 cm³/mol. The minimum Gasteiger partial charge on any atom is -0.249 e. The molecule has 0 unspecified atom stereocenters. The average molecular weight is 280 g/mol. The lowest BCUT2D eigenvalue weighted by molar-refractivity contribution is 0.369. The summed E-state index contributed by atoms with van der Waals surface area (Å²) in [7, 11) is 0. The summed E-state index contributed by atoms with van der Waals surface area (Å²) in [5.74, 6) is 0. The molecule has 0 saturated carbocycles. The number of rotatable bonds is 5. The van der Waals surface area contributed by atoms with Crippen molar-refractivity contribution < 1.29 is 0 Å². The van der Waals surface area contributed by atoms with Crippen LogP contribution >= 0.6 is 22.7 Å². The first kappa shape index (κ1) is 13.7. The third-order valence-electron chi connectivity index (χ3n) is 3.51. The summed E-state index contributed by atoms with van der Waals surface area (Å²) in [6.45, 7) is 9.12. The molecule has 2 aromatic rings. The summed E-state index contributed by atoms with van der Waals surface area (Å²) in [4.78, 5) is 8.91. The summed E-state index contributed by atoms with van der Waals surface area (Å²) < 4.78 is 0. The molecule has 0 spiro atoms. The van der Waals surface area contributed by atoms with Gasteiger partial charge in [-0.3, -0.25) is 0 Å². The van der Waals surface area contributed by atoms with Crippen LogP contribution in [0, 0.1) is 0 Å². The molecular weight excluding hydrogens is 260 g/mol. The average Bonchev–Trinajstić information content (AvgIpc) is 2.99. The van der Waals surface area contributed by atoms with Gasteiger partial charge in [-0.25, -0.2) is 9.97 Å². The van der Waals surface area contributed by atoms with Gasteiger partial charge >= 0.3 is 0 Å². The molecule has 18 heavy (non-hydrogen) atoms. The Hall–Kier alpha value is -0.740. The van der Waals surface area contributed by atoms with E-state index in [1.807, 2.05) is 11.7 Å². The molecule has 2 aromatic heterocycles. The summed E-state index contributed by atoms with van der Waals surface area (Å²) in [5.41, 5.74) is 3.43. The topological polar surface area (TPSA) is 25.8 Å². The lowest BCUT2D eigenvalue weighted by Crippen LogP contribution is -2.24. The molecule has 0 aliphatic rings.